The zero-order valence-corrected chi connectivity index (χ0v) is 28.3. The smallest absolute Gasteiger partial charge is 0.315 e. The third-order valence-corrected chi connectivity index (χ3v) is 9.04. The van der Waals surface area contributed by atoms with Crippen molar-refractivity contribution in [3.63, 3.8) is 0 Å². The third kappa shape index (κ3) is 9.53. The largest absolute Gasteiger partial charge is 0.354 e. The fourth-order valence-electron chi connectivity index (χ4n) is 6.41. The van der Waals surface area contributed by atoms with Crippen LogP contribution in [-0.4, -0.2) is 83.6 Å². The third-order valence-electron chi connectivity index (χ3n) is 9.04. The number of ketones is 1. The Labute approximate surface area is 267 Å². The van der Waals surface area contributed by atoms with Crippen LogP contribution in [0.15, 0.2) is 12.2 Å². The van der Waals surface area contributed by atoms with Gasteiger partial charge < -0.3 is 31.5 Å². The number of fused-ring (bicyclic) bond motifs is 1. The van der Waals surface area contributed by atoms with E-state index in [0.29, 0.717) is 13.0 Å². The summed E-state index contributed by atoms with van der Waals surface area (Å²) < 4.78 is 0. The first-order valence-electron chi connectivity index (χ1n) is 16.3. The number of carbonyl (C=O) groups excluding carboxylic acids is 6. The summed E-state index contributed by atoms with van der Waals surface area (Å²) in [5.74, 6) is -2.62. The first-order valence-corrected chi connectivity index (χ1v) is 16.3. The van der Waals surface area contributed by atoms with E-state index in [2.05, 4.69) is 40.4 Å². The van der Waals surface area contributed by atoms with E-state index in [1.165, 1.54) is 0 Å². The number of Topliss-reactive ketones (excluding diaryl/α,β-unsaturated/α-hetero) is 1. The fraction of sp³-hybridized carbons (Fsp3) is 0.758. The molecular formula is C33H54N6O6. The molecule has 2 aliphatic heterocycles. The van der Waals surface area contributed by atoms with Crippen LogP contribution in [0.4, 0.5) is 4.79 Å². The van der Waals surface area contributed by atoms with Crippen LogP contribution in [0.25, 0.3) is 0 Å². The van der Waals surface area contributed by atoms with E-state index in [-0.39, 0.29) is 48.6 Å². The number of allylic oxidation sites excluding steroid dienone is 1. The summed E-state index contributed by atoms with van der Waals surface area (Å²) in [4.78, 5) is 80.6. The maximum absolute atomic E-state index is 14.1. The number of amides is 6. The lowest BCUT2D eigenvalue weighted by molar-refractivity contribution is -0.145. The molecule has 0 radical (unpaired) electrons. The normalized spacial score (nSPS) is 27.0. The van der Waals surface area contributed by atoms with Crippen molar-refractivity contribution in [3.05, 3.63) is 12.2 Å². The number of nitrogens with one attached hydrogen (secondary N) is 5. The molecule has 12 nitrogen and oxygen atoms in total. The lowest BCUT2D eigenvalue weighted by Crippen LogP contribution is -2.62. The van der Waals surface area contributed by atoms with Gasteiger partial charge in [-0.1, -0.05) is 53.2 Å². The molecule has 6 amide bonds. The number of likely N-dealkylation sites (tertiary alicyclic amines) is 1. The molecule has 5 N–H and O–H groups in total. The monoisotopic (exact) mass is 630 g/mol. The molecule has 1 saturated heterocycles. The molecule has 1 unspecified atom stereocenters. The second-order valence-corrected chi connectivity index (χ2v) is 15.4. The van der Waals surface area contributed by atoms with Gasteiger partial charge in [0.05, 0.1) is 0 Å². The molecule has 2 heterocycles. The molecule has 0 bridgehead atoms. The van der Waals surface area contributed by atoms with E-state index in [0.717, 1.165) is 25.7 Å². The van der Waals surface area contributed by atoms with Gasteiger partial charge >= 0.3 is 6.03 Å². The van der Waals surface area contributed by atoms with Gasteiger partial charge in [0.2, 0.25) is 23.5 Å². The van der Waals surface area contributed by atoms with E-state index in [4.69, 9.17) is 0 Å². The Hall–Kier alpha value is -3.44. The minimum absolute atomic E-state index is 0.0830. The Morgan fingerprint density at radius 1 is 0.956 bits per heavy atom. The maximum atomic E-state index is 14.1. The van der Waals surface area contributed by atoms with Crippen LogP contribution in [0.5, 0.6) is 0 Å². The summed E-state index contributed by atoms with van der Waals surface area (Å²) in [6.07, 6.45) is 7.55. The average molecular weight is 631 g/mol. The Morgan fingerprint density at radius 3 is 2.27 bits per heavy atom. The van der Waals surface area contributed by atoms with E-state index in [1.807, 2.05) is 47.6 Å². The predicted molar refractivity (Wildman–Crippen MR) is 171 cm³/mol. The zero-order chi connectivity index (χ0) is 33.7. The highest BCUT2D eigenvalue weighted by atomic mass is 16.2. The molecule has 5 atom stereocenters. The minimum Gasteiger partial charge on any atom is -0.354 e. The van der Waals surface area contributed by atoms with Crippen molar-refractivity contribution in [1.82, 2.24) is 31.5 Å². The Morgan fingerprint density at radius 2 is 1.62 bits per heavy atom. The van der Waals surface area contributed by atoms with Crippen LogP contribution >= 0.6 is 0 Å². The molecule has 0 aromatic carbocycles. The second kappa shape index (κ2) is 14.3. The van der Waals surface area contributed by atoms with Gasteiger partial charge in [0.1, 0.15) is 18.1 Å². The Bertz CT molecular complexity index is 1180. The maximum Gasteiger partial charge on any atom is 0.315 e. The van der Waals surface area contributed by atoms with Crippen LogP contribution in [0, 0.1) is 22.7 Å². The summed E-state index contributed by atoms with van der Waals surface area (Å²) >= 11 is 0. The van der Waals surface area contributed by atoms with Gasteiger partial charge in [-0.15, -0.1) is 0 Å². The number of piperidine rings is 1. The molecule has 45 heavy (non-hydrogen) atoms. The molecule has 12 heteroatoms. The van der Waals surface area contributed by atoms with Crippen molar-refractivity contribution in [2.75, 3.05) is 19.6 Å². The number of carbonyl (C=O) groups is 6. The second-order valence-electron chi connectivity index (χ2n) is 15.4. The van der Waals surface area contributed by atoms with E-state index < -0.39 is 52.7 Å². The van der Waals surface area contributed by atoms with Crippen molar-refractivity contribution in [2.24, 2.45) is 22.7 Å². The van der Waals surface area contributed by atoms with Gasteiger partial charge in [0.25, 0.3) is 5.91 Å². The molecule has 252 valence electrons. The molecular weight excluding hydrogens is 576 g/mol. The van der Waals surface area contributed by atoms with Gasteiger partial charge in [-0.05, 0) is 69.1 Å². The Balaban J connectivity index is 1.82. The molecule has 3 rings (SSSR count). The minimum atomic E-state index is -1.12. The number of hydrogen-bond acceptors (Lipinski definition) is 6. The van der Waals surface area contributed by atoms with Gasteiger partial charge in [-0.25, -0.2) is 4.79 Å². The van der Waals surface area contributed by atoms with Crippen LogP contribution in [0.3, 0.4) is 0 Å². The van der Waals surface area contributed by atoms with Crippen molar-refractivity contribution >= 4 is 35.4 Å². The summed E-state index contributed by atoms with van der Waals surface area (Å²) in [6.45, 7) is 15.9. The highest BCUT2D eigenvalue weighted by Crippen LogP contribution is 2.65. The standard InChI is InChI=1S/C33H54N6O6/c1-31(2,3)26(37-30(45)38-32(4,5)6)29(44)39-19-20-23(33(20,7)8)24(39)27(42)36-21-15-13-11-9-10-12-14-16-22(40)34-17-18-35-28(43)25(21)41/h11,13,20-21,23-24,26H,9-10,12,14-19H2,1-8H3,(H,34,40)(H,35,43)(H,36,42)(H2,37,38,45)/t20-,21?,23-,24-,26+/m0/s1. The Kier molecular flexibility index (Phi) is 11.5. The first kappa shape index (κ1) is 36.0. The van der Waals surface area contributed by atoms with E-state index in [9.17, 15) is 28.8 Å². The van der Waals surface area contributed by atoms with Crippen molar-refractivity contribution in [2.45, 2.75) is 118 Å². The van der Waals surface area contributed by atoms with E-state index >= 15 is 0 Å². The highest BCUT2D eigenvalue weighted by molar-refractivity contribution is 6.38. The van der Waals surface area contributed by atoms with Crippen molar-refractivity contribution in [1.29, 1.82) is 0 Å². The van der Waals surface area contributed by atoms with Gasteiger partial charge in [0, 0.05) is 31.6 Å². The number of urea groups is 1. The topological polar surface area (TPSA) is 166 Å². The highest BCUT2D eigenvalue weighted by Gasteiger charge is 2.69. The van der Waals surface area contributed by atoms with E-state index in [1.54, 1.807) is 11.0 Å². The SMILES string of the molecule is CC(C)(C)NC(=O)N[C@H](C(=O)N1C[C@H]2[C@@H]([C@H]1C(=O)NC1CC=CCCCCCC(=O)NCCNC(=O)C1=O)C2(C)C)C(C)(C)C. The zero-order valence-electron chi connectivity index (χ0n) is 28.3. The number of rotatable bonds is 4. The van der Waals surface area contributed by atoms with Crippen LogP contribution in [-0.2, 0) is 24.0 Å². The quantitative estimate of drug-likeness (QED) is 0.236. The van der Waals surface area contributed by atoms with Gasteiger partial charge in [0.15, 0.2) is 0 Å². The molecule has 1 saturated carbocycles. The van der Waals surface area contributed by atoms with Crippen LogP contribution < -0.4 is 26.6 Å². The molecule has 3 aliphatic rings. The lowest BCUT2D eigenvalue weighted by Gasteiger charge is -2.38. The average Bonchev–Trinajstić information content (AvgIpc) is 3.24. The van der Waals surface area contributed by atoms with Crippen molar-refractivity contribution < 1.29 is 28.8 Å². The fourth-order valence-corrected chi connectivity index (χ4v) is 6.41. The van der Waals surface area contributed by atoms with Crippen LogP contribution in [0.1, 0.15) is 93.9 Å². The molecule has 0 aromatic rings. The van der Waals surface area contributed by atoms with Crippen molar-refractivity contribution in [3.8, 4) is 0 Å². The number of nitrogens with zero attached hydrogens (tertiary/aromatic N) is 1. The van der Waals surface area contributed by atoms with Gasteiger partial charge in [-0.2, -0.15) is 0 Å². The molecule has 2 fully saturated rings. The first-order chi connectivity index (χ1) is 20.8. The molecule has 0 aromatic heterocycles. The molecule has 1 aliphatic carbocycles. The van der Waals surface area contributed by atoms with Crippen LogP contribution in [0.2, 0.25) is 0 Å². The number of hydrogen-bond donors (Lipinski definition) is 5. The predicted octanol–water partition coefficient (Wildman–Crippen LogP) is 2.18. The molecule has 0 spiro atoms. The summed E-state index contributed by atoms with van der Waals surface area (Å²) in [7, 11) is 0. The summed E-state index contributed by atoms with van der Waals surface area (Å²) in [6, 6.07) is -3.36. The lowest BCUT2D eigenvalue weighted by atomic mass is 9.85. The summed E-state index contributed by atoms with van der Waals surface area (Å²) in [5.41, 5.74) is -1.35. The van der Waals surface area contributed by atoms with Gasteiger partial charge in [-0.3, -0.25) is 24.0 Å². The summed E-state index contributed by atoms with van der Waals surface area (Å²) in [5, 5.41) is 13.8.